The van der Waals surface area contributed by atoms with Crippen LogP contribution in [0, 0.1) is 11.7 Å². The van der Waals surface area contributed by atoms with Crippen molar-refractivity contribution in [2.45, 2.75) is 12.8 Å². The summed E-state index contributed by atoms with van der Waals surface area (Å²) in [5.74, 6) is -0.0987. The molecule has 1 aliphatic rings. The van der Waals surface area contributed by atoms with E-state index in [1.807, 2.05) is 0 Å². The zero-order valence-electron chi connectivity index (χ0n) is 12.9. The Balaban J connectivity index is 1.51. The van der Waals surface area contributed by atoms with E-state index in [-0.39, 0.29) is 30.2 Å². The molecule has 2 amide bonds. The zero-order chi connectivity index (χ0) is 16.9. The summed E-state index contributed by atoms with van der Waals surface area (Å²) in [4.78, 5) is 23.6. The highest BCUT2D eigenvalue weighted by Gasteiger charge is 2.29. The van der Waals surface area contributed by atoms with Crippen LogP contribution in [0.4, 0.5) is 15.8 Å². The van der Waals surface area contributed by atoms with Crippen LogP contribution in [-0.4, -0.2) is 18.4 Å². The number of hydrogen-bond donors (Lipinski definition) is 2. The summed E-state index contributed by atoms with van der Waals surface area (Å²) in [5, 5.41) is 5.43. The van der Waals surface area contributed by atoms with Crippen molar-refractivity contribution in [1.82, 2.24) is 0 Å². The summed E-state index contributed by atoms with van der Waals surface area (Å²) in [5.41, 5.74) is 1.14. The van der Waals surface area contributed by atoms with E-state index in [0.29, 0.717) is 17.1 Å². The van der Waals surface area contributed by atoms with Crippen LogP contribution in [0.25, 0.3) is 0 Å². The molecule has 2 aromatic carbocycles. The van der Waals surface area contributed by atoms with Gasteiger partial charge in [-0.15, -0.1) is 0 Å². The van der Waals surface area contributed by atoms with Gasteiger partial charge in [-0.25, -0.2) is 4.39 Å². The number of ether oxygens (including phenoxy) is 1. The zero-order valence-corrected chi connectivity index (χ0v) is 12.9. The lowest BCUT2D eigenvalue weighted by Gasteiger charge is -2.09. The largest absolute Gasteiger partial charge is 0.484 e. The van der Waals surface area contributed by atoms with Crippen molar-refractivity contribution in [1.29, 1.82) is 0 Å². The van der Waals surface area contributed by atoms with Crippen molar-refractivity contribution < 1.29 is 18.7 Å². The fraction of sp³-hybridized carbons (Fsp3) is 0.222. The molecule has 124 valence electrons. The normalized spacial score (nSPS) is 13.2. The minimum absolute atomic E-state index is 0.0150. The van der Waals surface area contributed by atoms with E-state index in [1.54, 1.807) is 24.3 Å². The SMILES string of the molecule is O=C(COc1cccc(NC(=O)C2CC2)c1)Nc1ccc(F)cc1. The Labute approximate surface area is 138 Å². The van der Waals surface area contributed by atoms with Gasteiger partial charge in [0.2, 0.25) is 5.91 Å². The molecule has 0 aromatic heterocycles. The Morgan fingerprint density at radius 1 is 1.04 bits per heavy atom. The van der Waals surface area contributed by atoms with Gasteiger partial charge in [0.05, 0.1) is 0 Å². The summed E-state index contributed by atoms with van der Waals surface area (Å²) in [6.07, 6.45) is 1.87. The van der Waals surface area contributed by atoms with Crippen molar-refractivity contribution in [3.63, 3.8) is 0 Å². The number of anilines is 2. The molecule has 0 saturated heterocycles. The van der Waals surface area contributed by atoms with Crippen LogP contribution >= 0.6 is 0 Å². The molecule has 0 heterocycles. The molecule has 1 fully saturated rings. The number of carbonyl (C=O) groups excluding carboxylic acids is 2. The minimum atomic E-state index is -0.366. The Hall–Kier alpha value is -2.89. The van der Waals surface area contributed by atoms with Gasteiger partial charge in [-0.05, 0) is 49.2 Å². The fourth-order valence-electron chi connectivity index (χ4n) is 2.13. The lowest BCUT2D eigenvalue weighted by atomic mass is 10.3. The van der Waals surface area contributed by atoms with Crippen LogP contribution in [0.3, 0.4) is 0 Å². The molecule has 0 radical (unpaired) electrons. The van der Waals surface area contributed by atoms with Crippen molar-refractivity contribution in [2.75, 3.05) is 17.2 Å². The van der Waals surface area contributed by atoms with Crippen LogP contribution in [0.1, 0.15) is 12.8 Å². The first-order chi connectivity index (χ1) is 11.6. The topological polar surface area (TPSA) is 67.4 Å². The van der Waals surface area contributed by atoms with E-state index >= 15 is 0 Å². The van der Waals surface area contributed by atoms with Gasteiger partial charge < -0.3 is 15.4 Å². The maximum Gasteiger partial charge on any atom is 0.262 e. The van der Waals surface area contributed by atoms with Gasteiger partial charge in [0.15, 0.2) is 6.61 Å². The molecule has 0 aliphatic heterocycles. The third kappa shape index (κ3) is 4.55. The summed E-state index contributed by atoms with van der Waals surface area (Å²) in [6.45, 7) is -0.183. The highest BCUT2D eigenvalue weighted by molar-refractivity contribution is 5.94. The van der Waals surface area contributed by atoms with Gasteiger partial charge in [0, 0.05) is 23.4 Å². The van der Waals surface area contributed by atoms with Crippen molar-refractivity contribution in [3.05, 3.63) is 54.3 Å². The molecule has 0 atom stereocenters. The molecular weight excluding hydrogens is 311 g/mol. The first kappa shape index (κ1) is 16.0. The third-order valence-electron chi connectivity index (χ3n) is 3.55. The number of hydrogen-bond acceptors (Lipinski definition) is 3. The van der Waals surface area contributed by atoms with E-state index in [4.69, 9.17) is 4.74 Å². The second kappa shape index (κ2) is 7.12. The monoisotopic (exact) mass is 328 g/mol. The van der Waals surface area contributed by atoms with Gasteiger partial charge in [-0.2, -0.15) is 0 Å². The number of carbonyl (C=O) groups is 2. The van der Waals surface area contributed by atoms with E-state index in [2.05, 4.69) is 10.6 Å². The maximum atomic E-state index is 12.8. The quantitative estimate of drug-likeness (QED) is 0.856. The molecular formula is C18H17FN2O3. The van der Waals surface area contributed by atoms with Crippen LogP contribution < -0.4 is 15.4 Å². The van der Waals surface area contributed by atoms with E-state index in [1.165, 1.54) is 24.3 Å². The average molecular weight is 328 g/mol. The second-order valence-corrected chi connectivity index (χ2v) is 5.64. The van der Waals surface area contributed by atoms with Gasteiger partial charge in [-0.3, -0.25) is 9.59 Å². The van der Waals surface area contributed by atoms with Crippen molar-refractivity contribution in [3.8, 4) is 5.75 Å². The highest BCUT2D eigenvalue weighted by atomic mass is 19.1. The van der Waals surface area contributed by atoms with Gasteiger partial charge >= 0.3 is 0 Å². The summed E-state index contributed by atoms with van der Waals surface area (Å²) >= 11 is 0. The van der Waals surface area contributed by atoms with E-state index in [9.17, 15) is 14.0 Å². The highest BCUT2D eigenvalue weighted by Crippen LogP contribution is 2.30. The summed E-state index contributed by atoms with van der Waals surface area (Å²) < 4.78 is 18.2. The number of benzene rings is 2. The molecule has 5 nitrogen and oxygen atoms in total. The van der Waals surface area contributed by atoms with Crippen LogP contribution in [0.5, 0.6) is 5.75 Å². The molecule has 2 N–H and O–H groups in total. The maximum absolute atomic E-state index is 12.8. The molecule has 2 aromatic rings. The number of amides is 2. The lowest BCUT2D eigenvalue weighted by Crippen LogP contribution is -2.20. The number of halogens is 1. The molecule has 1 saturated carbocycles. The molecule has 0 spiro atoms. The van der Waals surface area contributed by atoms with E-state index < -0.39 is 0 Å². The first-order valence-corrected chi connectivity index (χ1v) is 7.69. The molecule has 0 unspecified atom stereocenters. The molecule has 3 rings (SSSR count). The Morgan fingerprint density at radius 3 is 2.50 bits per heavy atom. The fourth-order valence-corrected chi connectivity index (χ4v) is 2.13. The predicted octanol–water partition coefficient (Wildman–Crippen LogP) is 3.19. The third-order valence-corrected chi connectivity index (χ3v) is 3.55. The number of rotatable bonds is 6. The van der Waals surface area contributed by atoms with E-state index in [0.717, 1.165) is 12.8 Å². The smallest absolute Gasteiger partial charge is 0.262 e. The van der Waals surface area contributed by atoms with Crippen LogP contribution in [0.2, 0.25) is 0 Å². The Kier molecular flexibility index (Phi) is 4.74. The number of nitrogens with one attached hydrogen (secondary N) is 2. The molecule has 24 heavy (non-hydrogen) atoms. The average Bonchev–Trinajstić information content (AvgIpc) is 3.41. The summed E-state index contributed by atoms with van der Waals surface area (Å²) in [7, 11) is 0. The van der Waals surface area contributed by atoms with Gasteiger partial charge in [0.25, 0.3) is 5.91 Å². The van der Waals surface area contributed by atoms with Crippen LogP contribution in [0.15, 0.2) is 48.5 Å². The summed E-state index contributed by atoms with van der Waals surface area (Å²) in [6, 6.07) is 12.4. The Bertz CT molecular complexity index is 742. The second-order valence-electron chi connectivity index (χ2n) is 5.64. The van der Waals surface area contributed by atoms with Crippen molar-refractivity contribution >= 4 is 23.2 Å². The minimum Gasteiger partial charge on any atom is -0.484 e. The van der Waals surface area contributed by atoms with Gasteiger partial charge in [0.1, 0.15) is 11.6 Å². The van der Waals surface area contributed by atoms with Gasteiger partial charge in [-0.1, -0.05) is 6.07 Å². The Morgan fingerprint density at radius 2 is 1.79 bits per heavy atom. The van der Waals surface area contributed by atoms with Crippen molar-refractivity contribution in [2.24, 2.45) is 5.92 Å². The predicted molar refractivity (Wildman–Crippen MR) is 88.3 cm³/mol. The molecule has 0 bridgehead atoms. The first-order valence-electron chi connectivity index (χ1n) is 7.69. The van der Waals surface area contributed by atoms with Crippen LogP contribution in [-0.2, 0) is 9.59 Å². The lowest BCUT2D eigenvalue weighted by molar-refractivity contribution is -0.118. The molecule has 6 heteroatoms. The molecule has 1 aliphatic carbocycles. The standard InChI is InChI=1S/C18H17FN2O3/c19-13-6-8-14(9-7-13)20-17(22)11-24-16-3-1-2-15(10-16)21-18(23)12-4-5-12/h1-3,6-10,12H,4-5,11H2,(H,20,22)(H,21,23).